The molecule has 6 rings (SSSR count). The molecule has 2 aromatic carbocycles. The molecule has 1 saturated heterocycles. The lowest BCUT2D eigenvalue weighted by molar-refractivity contribution is -0.105. The van der Waals surface area contributed by atoms with Crippen molar-refractivity contribution >= 4 is 5.91 Å². The smallest absolute Gasteiger partial charge is 0.257 e. The van der Waals surface area contributed by atoms with Crippen molar-refractivity contribution in [3.05, 3.63) is 65.7 Å². The fourth-order valence-electron chi connectivity index (χ4n) is 4.99. The predicted octanol–water partition coefficient (Wildman–Crippen LogP) is 4.59. The van der Waals surface area contributed by atoms with Crippen molar-refractivity contribution in [2.24, 2.45) is 12.5 Å². The quantitative estimate of drug-likeness (QED) is 0.534. The molecular formula is C26H25F2N3O3. The molecule has 1 spiro atoms. The van der Waals surface area contributed by atoms with Crippen molar-refractivity contribution in [1.82, 2.24) is 14.7 Å². The van der Waals surface area contributed by atoms with Crippen LogP contribution in [0.5, 0.6) is 11.6 Å². The lowest BCUT2D eigenvalue weighted by Gasteiger charge is -2.58. The third-order valence-corrected chi connectivity index (χ3v) is 6.93. The van der Waals surface area contributed by atoms with Crippen molar-refractivity contribution in [3.63, 3.8) is 0 Å². The number of benzene rings is 2. The minimum Gasteiger partial charge on any atom is -0.489 e. The molecule has 3 aromatic rings. The number of rotatable bonds is 6. The number of likely N-dealkylation sites (tertiary alicyclic amines) is 1. The van der Waals surface area contributed by atoms with Crippen molar-refractivity contribution < 1.29 is 23.0 Å². The Morgan fingerprint density at radius 2 is 1.79 bits per heavy atom. The third-order valence-electron chi connectivity index (χ3n) is 6.93. The second-order valence-corrected chi connectivity index (χ2v) is 9.74. The van der Waals surface area contributed by atoms with E-state index in [9.17, 15) is 13.6 Å². The summed E-state index contributed by atoms with van der Waals surface area (Å²) in [5.41, 5.74) is 1.46. The standard InChI is InChI=1S/C26H25F2N3O3/c1-30-24(11-22(29-30)19-4-2-3-5-21(19)28)34-18-12-26(13-18)14-31(15-26)25(32)20-9-6-16(27)10-23(20)33-17-7-8-17/h2-6,9-11,17-18H,7-8,12-15H2,1H3. The molecule has 2 saturated carbocycles. The van der Waals surface area contributed by atoms with Crippen LogP contribution in [0.1, 0.15) is 36.0 Å². The molecule has 0 unspecified atom stereocenters. The molecule has 3 fully saturated rings. The molecule has 3 aliphatic rings. The van der Waals surface area contributed by atoms with Gasteiger partial charge in [-0.15, -0.1) is 0 Å². The van der Waals surface area contributed by atoms with Gasteiger partial charge in [0.15, 0.2) is 0 Å². The van der Waals surface area contributed by atoms with Crippen LogP contribution in [0.25, 0.3) is 11.3 Å². The number of amides is 1. The molecule has 1 aromatic heterocycles. The summed E-state index contributed by atoms with van der Waals surface area (Å²) in [5, 5.41) is 4.39. The zero-order valence-corrected chi connectivity index (χ0v) is 18.8. The van der Waals surface area contributed by atoms with Gasteiger partial charge in [0.1, 0.15) is 23.5 Å². The first-order chi connectivity index (χ1) is 16.4. The average Bonchev–Trinajstić information content (AvgIpc) is 3.49. The van der Waals surface area contributed by atoms with E-state index in [0.717, 1.165) is 25.7 Å². The molecule has 34 heavy (non-hydrogen) atoms. The Morgan fingerprint density at radius 3 is 2.53 bits per heavy atom. The maximum Gasteiger partial charge on any atom is 0.257 e. The Bertz CT molecular complexity index is 1260. The molecule has 0 radical (unpaired) electrons. The molecule has 1 amide bonds. The molecule has 8 heteroatoms. The van der Waals surface area contributed by atoms with Gasteiger partial charge in [-0.2, -0.15) is 5.10 Å². The molecule has 176 valence electrons. The molecule has 0 atom stereocenters. The highest BCUT2D eigenvalue weighted by atomic mass is 19.1. The van der Waals surface area contributed by atoms with Crippen LogP contribution >= 0.6 is 0 Å². The Hall–Kier alpha value is -3.42. The second-order valence-electron chi connectivity index (χ2n) is 9.74. The van der Waals surface area contributed by atoms with Crippen LogP contribution in [0.15, 0.2) is 48.5 Å². The average molecular weight is 466 g/mol. The first-order valence-corrected chi connectivity index (χ1v) is 11.6. The van der Waals surface area contributed by atoms with Crippen LogP contribution in [0.2, 0.25) is 0 Å². The predicted molar refractivity (Wildman–Crippen MR) is 121 cm³/mol. The van der Waals surface area contributed by atoms with Crippen molar-refractivity contribution in [1.29, 1.82) is 0 Å². The Balaban J connectivity index is 1.06. The van der Waals surface area contributed by atoms with Gasteiger partial charge in [-0.1, -0.05) is 12.1 Å². The van der Waals surface area contributed by atoms with Gasteiger partial charge in [-0.3, -0.25) is 4.79 Å². The van der Waals surface area contributed by atoms with Crippen LogP contribution < -0.4 is 9.47 Å². The second kappa shape index (κ2) is 7.82. The summed E-state index contributed by atoms with van der Waals surface area (Å²) in [6, 6.07) is 12.4. The largest absolute Gasteiger partial charge is 0.489 e. The van der Waals surface area contributed by atoms with Crippen molar-refractivity contribution in [3.8, 4) is 22.9 Å². The van der Waals surface area contributed by atoms with E-state index >= 15 is 0 Å². The normalized spacial score (nSPS) is 19.0. The molecule has 2 aliphatic carbocycles. The number of nitrogens with zero attached hydrogens (tertiary/aromatic N) is 3. The van der Waals surface area contributed by atoms with E-state index in [1.54, 1.807) is 40.9 Å². The molecule has 0 bridgehead atoms. The van der Waals surface area contributed by atoms with Crippen LogP contribution in [0, 0.1) is 17.0 Å². The highest BCUT2D eigenvalue weighted by Gasteiger charge is 2.55. The molecule has 2 heterocycles. The van der Waals surface area contributed by atoms with E-state index < -0.39 is 5.82 Å². The van der Waals surface area contributed by atoms with E-state index in [-0.39, 0.29) is 29.3 Å². The van der Waals surface area contributed by atoms with Gasteiger partial charge in [-0.25, -0.2) is 13.5 Å². The number of halogens is 2. The fraction of sp³-hybridized carbons (Fsp3) is 0.385. The summed E-state index contributed by atoms with van der Waals surface area (Å²) in [4.78, 5) is 14.8. The highest BCUT2D eigenvalue weighted by Crippen LogP contribution is 2.50. The van der Waals surface area contributed by atoms with Gasteiger partial charge in [0.2, 0.25) is 5.88 Å². The summed E-state index contributed by atoms with van der Waals surface area (Å²) in [6.07, 6.45) is 3.68. The molecule has 1 aliphatic heterocycles. The minimum absolute atomic E-state index is 0.0284. The SMILES string of the molecule is Cn1nc(-c2ccccc2F)cc1OC1CC2(C1)CN(C(=O)c1ccc(F)cc1OC1CC1)C2. The van der Waals surface area contributed by atoms with Crippen molar-refractivity contribution in [2.75, 3.05) is 13.1 Å². The zero-order chi connectivity index (χ0) is 23.4. The topological polar surface area (TPSA) is 56.6 Å². The van der Waals surface area contributed by atoms with Crippen LogP contribution in [-0.2, 0) is 7.05 Å². The van der Waals surface area contributed by atoms with Crippen LogP contribution in [-0.4, -0.2) is 45.9 Å². The highest BCUT2D eigenvalue weighted by molar-refractivity contribution is 5.97. The lowest BCUT2D eigenvalue weighted by Crippen LogP contribution is -2.65. The van der Waals surface area contributed by atoms with Gasteiger partial charge in [0.25, 0.3) is 5.91 Å². The summed E-state index contributed by atoms with van der Waals surface area (Å²) >= 11 is 0. The number of hydrogen-bond acceptors (Lipinski definition) is 4. The Labute approximate surface area is 196 Å². The number of carbonyl (C=O) groups is 1. The minimum atomic E-state index is -0.403. The first kappa shape index (κ1) is 21.1. The number of aromatic nitrogens is 2. The zero-order valence-electron chi connectivity index (χ0n) is 18.8. The monoisotopic (exact) mass is 465 g/mol. The number of aryl methyl sites for hydroxylation is 1. The number of carbonyl (C=O) groups excluding carboxylic acids is 1. The maximum atomic E-state index is 14.1. The van der Waals surface area contributed by atoms with E-state index in [2.05, 4.69) is 5.10 Å². The van der Waals surface area contributed by atoms with E-state index in [0.29, 0.717) is 41.5 Å². The van der Waals surface area contributed by atoms with Gasteiger partial charge in [0.05, 0.1) is 17.4 Å². The van der Waals surface area contributed by atoms with Gasteiger partial charge >= 0.3 is 0 Å². The van der Waals surface area contributed by atoms with Gasteiger partial charge < -0.3 is 14.4 Å². The lowest BCUT2D eigenvalue weighted by atomic mass is 9.61. The summed E-state index contributed by atoms with van der Waals surface area (Å²) < 4.78 is 41.3. The summed E-state index contributed by atoms with van der Waals surface area (Å²) in [6.45, 7) is 1.30. The molecule has 0 N–H and O–H groups in total. The van der Waals surface area contributed by atoms with Crippen LogP contribution in [0.3, 0.4) is 0 Å². The van der Waals surface area contributed by atoms with E-state index in [1.165, 1.54) is 24.3 Å². The molecule has 6 nitrogen and oxygen atoms in total. The molecular weight excluding hydrogens is 440 g/mol. The van der Waals surface area contributed by atoms with Gasteiger partial charge in [-0.05, 0) is 49.9 Å². The van der Waals surface area contributed by atoms with Crippen LogP contribution in [0.4, 0.5) is 8.78 Å². The maximum absolute atomic E-state index is 14.1. The number of ether oxygens (including phenoxy) is 2. The van der Waals surface area contributed by atoms with Gasteiger partial charge in [0, 0.05) is 43.2 Å². The Kier molecular flexibility index (Phi) is 4.86. The van der Waals surface area contributed by atoms with E-state index in [4.69, 9.17) is 9.47 Å². The van der Waals surface area contributed by atoms with E-state index in [1.807, 2.05) is 0 Å². The first-order valence-electron chi connectivity index (χ1n) is 11.6. The summed E-state index contributed by atoms with van der Waals surface area (Å²) in [7, 11) is 1.78. The Morgan fingerprint density at radius 1 is 1.03 bits per heavy atom. The fourth-order valence-corrected chi connectivity index (χ4v) is 4.99. The number of hydrogen-bond donors (Lipinski definition) is 0. The summed E-state index contributed by atoms with van der Waals surface area (Å²) in [5.74, 6) is 0.0934. The third kappa shape index (κ3) is 3.81. The van der Waals surface area contributed by atoms with Crippen molar-refractivity contribution in [2.45, 2.75) is 37.9 Å².